The number of hydrogen-bond donors (Lipinski definition) is 0. The van der Waals surface area contributed by atoms with E-state index < -0.39 is 12.2 Å². The Morgan fingerprint density at radius 2 is 2.03 bits per heavy atom. The zero-order valence-corrected chi connectivity index (χ0v) is 17.1. The Balaban J connectivity index is 1.72. The molecule has 0 N–H and O–H groups in total. The molecule has 0 saturated carbocycles. The molecule has 1 aliphatic heterocycles. The minimum Gasteiger partial charge on any atom is -0.494 e. The SMILES string of the molecule is C=CCn1c(=NC(=O)C2Oc3ccccc3OC2C)sc2cc(OCC)ccc21. The fourth-order valence-corrected chi connectivity index (χ4v) is 4.32. The molecule has 3 aromatic rings. The molecule has 2 atom stereocenters. The molecule has 2 unspecified atom stereocenters. The summed E-state index contributed by atoms with van der Waals surface area (Å²) in [5.74, 6) is 1.60. The van der Waals surface area contributed by atoms with Crippen molar-refractivity contribution in [2.75, 3.05) is 6.61 Å². The van der Waals surface area contributed by atoms with Crippen LogP contribution in [0.1, 0.15) is 13.8 Å². The number of thiazole rings is 1. The average Bonchev–Trinajstić information content (AvgIpc) is 3.04. The number of rotatable bonds is 5. The summed E-state index contributed by atoms with van der Waals surface area (Å²) in [6.07, 6.45) is 0.546. The fraction of sp³-hybridized carbons (Fsp3) is 0.273. The van der Waals surface area contributed by atoms with Gasteiger partial charge in [0.2, 0.25) is 6.10 Å². The Hall–Kier alpha value is -3.06. The summed E-state index contributed by atoms with van der Waals surface area (Å²) in [6.45, 7) is 8.72. The molecule has 0 spiro atoms. The number of ether oxygens (including phenoxy) is 3. The third kappa shape index (κ3) is 3.78. The van der Waals surface area contributed by atoms with E-state index in [0.29, 0.717) is 29.5 Å². The summed E-state index contributed by atoms with van der Waals surface area (Å²) in [7, 11) is 0. The number of para-hydroxylation sites is 2. The number of hydrogen-bond acceptors (Lipinski definition) is 5. The second kappa shape index (κ2) is 8.13. The topological polar surface area (TPSA) is 62.1 Å². The van der Waals surface area contributed by atoms with E-state index in [2.05, 4.69) is 11.6 Å². The number of allylic oxidation sites excluding steroid dienone is 1. The van der Waals surface area contributed by atoms with Crippen molar-refractivity contribution in [2.24, 2.45) is 4.99 Å². The Bertz CT molecular complexity index is 1130. The maximum absolute atomic E-state index is 13.0. The van der Waals surface area contributed by atoms with Gasteiger partial charge in [0.15, 0.2) is 16.3 Å². The molecule has 2 heterocycles. The molecule has 1 aliphatic rings. The van der Waals surface area contributed by atoms with Crippen LogP contribution in [0.25, 0.3) is 10.2 Å². The Morgan fingerprint density at radius 1 is 1.28 bits per heavy atom. The molecule has 0 aliphatic carbocycles. The summed E-state index contributed by atoms with van der Waals surface area (Å²) >= 11 is 1.43. The molecular formula is C22H22N2O4S. The van der Waals surface area contributed by atoms with Gasteiger partial charge in [-0.2, -0.15) is 4.99 Å². The molecule has 7 heteroatoms. The van der Waals surface area contributed by atoms with Gasteiger partial charge in [0.25, 0.3) is 5.91 Å². The number of amides is 1. The standard InChI is InChI=1S/C22H22N2O4S/c1-4-12-24-16-11-10-15(26-5-2)13-19(16)29-22(24)23-21(25)20-14(3)27-17-8-6-7-9-18(17)28-20/h4,6-11,13-14,20H,1,5,12H2,2-3H3. The Kier molecular flexibility index (Phi) is 5.40. The van der Waals surface area contributed by atoms with Gasteiger partial charge in [-0.25, -0.2) is 0 Å². The van der Waals surface area contributed by atoms with Gasteiger partial charge in [-0.1, -0.05) is 29.5 Å². The summed E-state index contributed by atoms with van der Waals surface area (Å²) < 4.78 is 20.3. The quantitative estimate of drug-likeness (QED) is 0.598. The van der Waals surface area contributed by atoms with Crippen molar-refractivity contribution in [1.29, 1.82) is 0 Å². The van der Waals surface area contributed by atoms with Crippen molar-refractivity contribution in [1.82, 2.24) is 4.57 Å². The molecular weight excluding hydrogens is 388 g/mol. The molecule has 6 nitrogen and oxygen atoms in total. The van der Waals surface area contributed by atoms with Gasteiger partial charge in [0, 0.05) is 6.54 Å². The summed E-state index contributed by atoms with van der Waals surface area (Å²) in [6, 6.07) is 13.2. The lowest BCUT2D eigenvalue weighted by Gasteiger charge is -2.29. The van der Waals surface area contributed by atoms with Gasteiger partial charge < -0.3 is 18.8 Å². The molecule has 2 aromatic carbocycles. The highest BCUT2D eigenvalue weighted by atomic mass is 32.1. The van der Waals surface area contributed by atoms with Crippen LogP contribution in [0.3, 0.4) is 0 Å². The van der Waals surface area contributed by atoms with Gasteiger partial charge in [0.05, 0.1) is 16.8 Å². The number of fused-ring (bicyclic) bond motifs is 2. The number of aromatic nitrogens is 1. The van der Waals surface area contributed by atoms with Crippen molar-refractivity contribution in [2.45, 2.75) is 32.6 Å². The first-order valence-electron chi connectivity index (χ1n) is 9.48. The number of nitrogens with zero attached hydrogens (tertiary/aromatic N) is 2. The van der Waals surface area contributed by atoms with Crippen LogP contribution in [-0.4, -0.2) is 29.3 Å². The zero-order chi connectivity index (χ0) is 20.4. The van der Waals surface area contributed by atoms with Crippen molar-refractivity contribution in [3.05, 3.63) is 59.9 Å². The van der Waals surface area contributed by atoms with E-state index in [1.54, 1.807) is 12.1 Å². The van der Waals surface area contributed by atoms with Gasteiger partial charge in [0.1, 0.15) is 11.9 Å². The van der Waals surface area contributed by atoms with Crippen LogP contribution in [0.4, 0.5) is 0 Å². The highest BCUT2D eigenvalue weighted by molar-refractivity contribution is 7.16. The molecule has 0 radical (unpaired) electrons. The van der Waals surface area contributed by atoms with Gasteiger partial charge in [-0.15, -0.1) is 6.58 Å². The summed E-state index contributed by atoms with van der Waals surface area (Å²) in [5, 5.41) is 0. The van der Waals surface area contributed by atoms with Gasteiger partial charge in [-0.3, -0.25) is 4.79 Å². The number of carbonyl (C=O) groups is 1. The van der Waals surface area contributed by atoms with E-state index in [-0.39, 0.29) is 5.91 Å². The van der Waals surface area contributed by atoms with E-state index in [4.69, 9.17) is 14.2 Å². The van der Waals surface area contributed by atoms with E-state index >= 15 is 0 Å². The van der Waals surface area contributed by atoms with E-state index in [1.807, 2.05) is 54.8 Å². The van der Waals surface area contributed by atoms with Crippen LogP contribution in [0, 0.1) is 0 Å². The van der Waals surface area contributed by atoms with Crippen LogP contribution in [-0.2, 0) is 11.3 Å². The van der Waals surface area contributed by atoms with E-state index in [1.165, 1.54) is 11.3 Å². The second-order valence-electron chi connectivity index (χ2n) is 6.60. The summed E-state index contributed by atoms with van der Waals surface area (Å²) in [4.78, 5) is 17.9. The molecule has 1 aromatic heterocycles. The first-order valence-corrected chi connectivity index (χ1v) is 10.3. The van der Waals surface area contributed by atoms with Crippen LogP contribution in [0.2, 0.25) is 0 Å². The lowest BCUT2D eigenvalue weighted by Crippen LogP contribution is -2.43. The molecule has 4 rings (SSSR count). The first-order chi connectivity index (χ1) is 14.1. The van der Waals surface area contributed by atoms with E-state index in [9.17, 15) is 4.79 Å². The van der Waals surface area contributed by atoms with Crippen molar-refractivity contribution in [3.63, 3.8) is 0 Å². The first kappa shape index (κ1) is 19.3. The normalized spacial score (nSPS) is 18.6. The third-order valence-corrected chi connectivity index (χ3v) is 5.61. The molecule has 0 saturated heterocycles. The minimum atomic E-state index is -0.800. The van der Waals surface area contributed by atoms with Crippen molar-refractivity contribution in [3.8, 4) is 17.2 Å². The number of carbonyl (C=O) groups excluding carboxylic acids is 1. The van der Waals surface area contributed by atoms with Crippen LogP contribution in [0.15, 0.2) is 60.1 Å². The highest BCUT2D eigenvalue weighted by Gasteiger charge is 2.34. The maximum Gasteiger partial charge on any atom is 0.293 e. The van der Waals surface area contributed by atoms with Crippen LogP contribution < -0.4 is 19.0 Å². The predicted octanol–water partition coefficient (Wildman–Crippen LogP) is 3.94. The largest absolute Gasteiger partial charge is 0.494 e. The van der Waals surface area contributed by atoms with E-state index in [0.717, 1.165) is 16.0 Å². The van der Waals surface area contributed by atoms with Crippen LogP contribution in [0.5, 0.6) is 17.2 Å². The molecule has 0 bridgehead atoms. The lowest BCUT2D eigenvalue weighted by molar-refractivity contribution is -0.130. The predicted molar refractivity (Wildman–Crippen MR) is 113 cm³/mol. The lowest BCUT2D eigenvalue weighted by atomic mass is 10.1. The van der Waals surface area contributed by atoms with Crippen LogP contribution >= 0.6 is 11.3 Å². The van der Waals surface area contributed by atoms with Crippen molar-refractivity contribution >= 4 is 27.5 Å². The third-order valence-electron chi connectivity index (χ3n) is 4.57. The molecule has 29 heavy (non-hydrogen) atoms. The molecule has 1 amide bonds. The Morgan fingerprint density at radius 3 is 2.76 bits per heavy atom. The molecule has 150 valence electrons. The zero-order valence-electron chi connectivity index (χ0n) is 16.3. The molecule has 0 fully saturated rings. The maximum atomic E-state index is 13.0. The fourth-order valence-electron chi connectivity index (χ4n) is 3.25. The Labute approximate surface area is 172 Å². The second-order valence-corrected chi connectivity index (χ2v) is 7.61. The number of benzene rings is 2. The smallest absolute Gasteiger partial charge is 0.293 e. The monoisotopic (exact) mass is 410 g/mol. The summed E-state index contributed by atoms with van der Waals surface area (Å²) in [5.41, 5.74) is 0.976. The van der Waals surface area contributed by atoms with Crippen molar-refractivity contribution < 1.29 is 19.0 Å². The van der Waals surface area contributed by atoms with Gasteiger partial charge >= 0.3 is 0 Å². The minimum absolute atomic E-state index is 0.374. The average molecular weight is 410 g/mol. The van der Waals surface area contributed by atoms with Gasteiger partial charge in [-0.05, 0) is 44.2 Å². The highest BCUT2D eigenvalue weighted by Crippen LogP contribution is 2.33.